The van der Waals surface area contributed by atoms with Crippen molar-refractivity contribution in [2.24, 2.45) is 11.7 Å². The van der Waals surface area contributed by atoms with Gasteiger partial charge in [0.1, 0.15) is 5.82 Å². The molecule has 4 rings (SSSR count). The van der Waals surface area contributed by atoms with E-state index in [-0.39, 0.29) is 23.1 Å². The number of amides is 2. The van der Waals surface area contributed by atoms with E-state index in [1.807, 2.05) is 4.90 Å². The highest BCUT2D eigenvalue weighted by Crippen LogP contribution is 2.34. The molecule has 7 heteroatoms. The Morgan fingerprint density at radius 2 is 1.83 bits per heavy atom. The first-order valence-corrected chi connectivity index (χ1v) is 10.6. The third-order valence-electron chi connectivity index (χ3n) is 6.94. The van der Waals surface area contributed by atoms with Gasteiger partial charge in [0.2, 0.25) is 5.91 Å². The molecule has 29 heavy (non-hydrogen) atoms. The van der Waals surface area contributed by atoms with Gasteiger partial charge in [0.15, 0.2) is 0 Å². The highest BCUT2D eigenvalue weighted by atomic mass is 19.1. The molecule has 0 radical (unpaired) electrons. The Morgan fingerprint density at radius 1 is 1.14 bits per heavy atom. The molecule has 6 nitrogen and oxygen atoms in total. The number of benzene rings is 1. The van der Waals surface area contributed by atoms with Crippen molar-refractivity contribution >= 4 is 11.8 Å². The van der Waals surface area contributed by atoms with Crippen LogP contribution in [-0.2, 0) is 11.3 Å². The van der Waals surface area contributed by atoms with Gasteiger partial charge in [0.25, 0.3) is 5.91 Å². The lowest BCUT2D eigenvalue weighted by atomic mass is 9.85. The Labute approximate surface area is 171 Å². The van der Waals surface area contributed by atoms with Gasteiger partial charge in [-0.05, 0) is 62.1 Å². The lowest BCUT2D eigenvalue weighted by Gasteiger charge is -2.42. The molecule has 2 heterocycles. The summed E-state index contributed by atoms with van der Waals surface area (Å²) >= 11 is 0. The summed E-state index contributed by atoms with van der Waals surface area (Å²) in [5.41, 5.74) is 6.24. The minimum atomic E-state index is -0.755. The molecule has 0 bridgehead atoms. The number of piperidine rings is 1. The summed E-state index contributed by atoms with van der Waals surface area (Å²) in [6.45, 7) is 3.17. The quantitative estimate of drug-likeness (QED) is 0.820. The van der Waals surface area contributed by atoms with E-state index in [2.05, 4.69) is 4.90 Å². The van der Waals surface area contributed by atoms with Gasteiger partial charge >= 0.3 is 0 Å². The SMILES string of the molecule is COC[C@H]1CC[C@H](N2CCC(N3Cc4cc(F)cc(C(N)=O)c4C3=O)CC2)CC1. The molecule has 0 spiro atoms. The molecule has 0 aromatic heterocycles. The van der Waals surface area contributed by atoms with Gasteiger partial charge in [-0.3, -0.25) is 9.59 Å². The minimum Gasteiger partial charge on any atom is -0.384 e. The van der Waals surface area contributed by atoms with Crippen LogP contribution in [0.4, 0.5) is 4.39 Å². The van der Waals surface area contributed by atoms with Gasteiger partial charge in [0, 0.05) is 45.4 Å². The Balaban J connectivity index is 1.37. The minimum absolute atomic E-state index is 0.00208. The summed E-state index contributed by atoms with van der Waals surface area (Å²) in [5.74, 6) is -0.775. The van der Waals surface area contributed by atoms with E-state index in [1.165, 1.54) is 31.7 Å². The smallest absolute Gasteiger partial charge is 0.255 e. The van der Waals surface area contributed by atoms with E-state index in [4.69, 9.17) is 10.5 Å². The van der Waals surface area contributed by atoms with Gasteiger partial charge in [-0.1, -0.05) is 0 Å². The lowest BCUT2D eigenvalue weighted by molar-refractivity contribution is 0.0435. The zero-order valence-electron chi connectivity index (χ0n) is 17.0. The van der Waals surface area contributed by atoms with Crippen LogP contribution in [-0.4, -0.2) is 60.5 Å². The topological polar surface area (TPSA) is 75.9 Å². The van der Waals surface area contributed by atoms with Crippen molar-refractivity contribution in [3.05, 3.63) is 34.6 Å². The summed E-state index contributed by atoms with van der Waals surface area (Å²) < 4.78 is 19.2. The summed E-state index contributed by atoms with van der Waals surface area (Å²) in [5, 5.41) is 0. The Morgan fingerprint density at radius 3 is 2.45 bits per heavy atom. The Hall–Kier alpha value is -1.99. The van der Waals surface area contributed by atoms with Gasteiger partial charge in [-0.25, -0.2) is 4.39 Å². The van der Waals surface area contributed by atoms with Crippen molar-refractivity contribution in [1.29, 1.82) is 0 Å². The second kappa shape index (κ2) is 8.40. The number of rotatable bonds is 5. The van der Waals surface area contributed by atoms with Crippen molar-refractivity contribution in [2.45, 2.75) is 57.2 Å². The Bertz CT molecular complexity index is 784. The first-order chi connectivity index (χ1) is 14.0. The molecular formula is C22H30FN3O3. The van der Waals surface area contributed by atoms with Crippen LogP contribution >= 0.6 is 0 Å². The fraction of sp³-hybridized carbons (Fsp3) is 0.636. The van der Waals surface area contributed by atoms with Crippen LogP contribution in [0.5, 0.6) is 0 Å². The van der Waals surface area contributed by atoms with E-state index in [0.717, 1.165) is 38.6 Å². The van der Waals surface area contributed by atoms with Gasteiger partial charge in [-0.15, -0.1) is 0 Å². The third-order valence-corrected chi connectivity index (χ3v) is 6.94. The largest absolute Gasteiger partial charge is 0.384 e. The average molecular weight is 403 g/mol. The average Bonchev–Trinajstić information content (AvgIpc) is 3.04. The number of carbonyl (C=O) groups is 2. The molecule has 1 saturated carbocycles. The molecule has 1 aliphatic carbocycles. The normalized spacial score (nSPS) is 26.0. The predicted molar refractivity (Wildman–Crippen MR) is 107 cm³/mol. The molecule has 2 N–H and O–H groups in total. The molecule has 0 atom stereocenters. The van der Waals surface area contributed by atoms with Crippen LogP contribution < -0.4 is 5.73 Å². The number of nitrogens with zero attached hydrogens (tertiary/aromatic N) is 2. The second-order valence-corrected chi connectivity index (χ2v) is 8.68. The van der Waals surface area contributed by atoms with Gasteiger partial charge in [0.05, 0.1) is 11.1 Å². The number of methoxy groups -OCH3 is 1. The number of hydrogen-bond acceptors (Lipinski definition) is 4. The van der Waals surface area contributed by atoms with E-state index in [1.54, 1.807) is 7.11 Å². The van der Waals surface area contributed by atoms with Crippen LogP contribution in [0.25, 0.3) is 0 Å². The van der Waals surface area contributed by atoms with E-state index < -0.39 is 11.7 Å². The Kier molecular flexibility index (Phi) is 5.88. The van der Waals surface area contributed by atoms with Crippen molar-refractivity contribution in [1.82, 2.24) is 9.80 Å². The molecular weight excluding hydrogens is 373 g/mol. The van der Waals surface area contributed by atoms with E-state index in [9.17, 15) is 14.0 Å². The first kappa shape index (κ1) is 20.3. The number of halogens is 1. The zero-order chi connectivity index (χ0) is 20.5. The summed E-state index contributed by atoms with van der Waals surface area (Å²) in [6, 6.07) is 3.18. The highest BCUT2D eigenvalue weighted by Gasteiger charge is 2.38. The number of fused-ring (bicyclic) bond motifs is 1. The summed E-state index contributed by atoms with van der Waals surface area (Å²) in [4.78, 5) is 29.1. The third kappa shape index (κ3) is 4.03. The van der Waals surface area contributed by atoms with Crippen LogP contribution in [0.3, 0.4) is 0 Å². The fourth-order valence-electron chi connectivity index (χ4n) is 5.40. The first-order valence-electron chi connectivity index (χ1n) is 10.6. The summed E-state index contributed by atoms with van der Waals surface area (Å²) in [7, 11) is 1.77. The maximum absolute atomic E-state index is 13.9. The molecule has 2 fully saturated rings. The number of carbonyl (C=O) groups excluding carboxylic acids is 2. The molecule has 3 aliphatic rings. The number of primary amides is 1. The van der Waals surface area contributed by atoms with Crippen LogP contribution in [0.1, 0.15) is 64.8 Å². The number of nitrogens with two attached hydrogens (primary N) is 1. The van der Waals surface area contributed by atoms with Crippen molar-refractivity contribution in [3.63, 3.8) is 0 Å². The van der Waals surface area contributed by atoms with Gasteiger partial charge < -0.3 is 20.3 Å². The lowest BCUT2D eigenvalue weighted by Crippen LogP contribution is -2.49. The molecule has 158 valence electrons. The second-order valence-electron chi connectivity index (χ2n) is 8.68. The number of hydrogen-bond donors (Lipinski definition) is 1. The summed E-state index contributed by atoms with van der Waals surface area (Å²) in [6.07, 6.45) is 6.69. The maximum Gasteiger partial charge on any atom is 0.255 e. The maximum atomic E-state index is 13.9. The number of likely N-dealkylation sites (tertiary alicyclic amines) is 1. The van der Waals surface area contributed by atoms with Crippen molar-refractivity contribution < 1.29 is 18.7 Å². The van der Waals surface area contributed by atoms with Gasteiger partial charge in [-0.2, -0.15) is 0 Å². The van der Waals surface area contributed by atoms with Crippen LogP contribution in [0, 0.1) is 11.7 Å². The standard InChI is InChI=1S/C22H30FN3O3/c1-29-13-14-2-4-17(5-3-14)25-8-6-18(7-9-25)26-12-15-10-16(23)11-19(21(24)27)20(15)22(26)28/h10-11,14,17-18H,2-9,12-13H2,1H3,(H2,24,27)/t14-,17-. The molecule has 1 aromatic rings. The fourth-order valence-corrected chi connectivity index (χ4v) is 5.40. The molecule has 2 amide bonds. The van der Waals surface area contributed by atoms with Crippen LogP contribution in [0.15, 0.2) is 12.1 Å². The number of ether oxygens (including phenoxy) is 1. The zero-order valence-corrected chi connectivity index (χ0v) is 17.0. The molecule has 2 aliphatic heterocycles. The monoisotopic (exact) mass is 403 g/mol. The van der Waals surface area contributed by atoms with Crippen molar-refractivity contribution in [2.75, 3.05) is 26.8 Å². The van der Waals surface area contributed by atoms with E-state index in [0.29, 0.717) is 24.1 Å². The van der Waals surface area contributed by atoms with E-state index >= 15 is 0 Å². The predicted octanol–water partition coefficient (Wildman–Crippen LogP) is 2.55. The molecule has 1 aromatic carbocycles. The van der Waals surface area contributed by atoms with Crippen LogP contribution in [0.2, 0.25) is 0 Å². The highest BCUT2D eigenvalue weighted by molar-refractivity contribution is 6.09. The molecule has 0 unspecified atom stereocenters. The van der Waals surface area contributed by atoms with Crippen molar-refractivity contribution in [3.8, 4) is 0 Å². The molecule has 1 saturated heterocycles.